The number of rotatable bonds is 2. The Morgan fingerprint density at radius 3 is 2.82 bits per heavy atom. The van der Waals surface area contributed by atoms with E-state index >= 15 is 0 Å². The van der Waals surface area contributed by atoms with Crippen LogP contribution in [0, 0.1) is 0 Å². The molecular formula is C9H11NO. The Bertz CT molecular complexity index is 268. The van der Waals surface area contributed by atoms with Crippen LogP contribution in [0.3, 0.4) is 0 Å². The van der Waals surface area contributed by atoms with Crippen molar-refractivity contribution in [3.05, 3.63) is 36.4 Å². The summed E-state index contributed by atoms with van der Waals surface area (Å²) in [4.78, 5) is 0. The Hall–Kier alpha value is -1.28. The lowest BCUT2D eigenvalue weighted by atomic mass is 10.1. The second kappa shape index (κ2) is 3.21. The summed E-state index contributed by atoms with van der Waals surface area (Å²) in [6.45, 7) is 4.17. The van der Waals surface area contributed by atoms with Crippen LogP contribution >= 0.6 is 0 Å². The second-order valence-electron chi connectivity index (χ2n) is 2.36. The van der Waals surface area contributed by atoms with Crippen molar-refractivity contribution in [3.63, 3.8) is 0 Å². The van der Waals surface area contributed by atoms with Gasteiger partial charge in [0, 0.05) is 6.54 Å². The molecule has 0 aliphatic carbocycles. The van der Waals surface area contributed by atoms with Crippen LogP contribution in [0.1, 0.15) is 5.56 Å². The molecule has 2 heteroatoms. The molecule has 58 valence electrons. The molecular weight excluding hydrogens is 138 g/mol. The van der Waals surface area contributed by atoms with Gasteiger partial charge in [0.1, 0.15) is 5.75 Å². The standard InChI is InChI=1S/C9H11NO/c1-7(6-10)8-3-2-4-9(11)5-8/h2-5,11H,1,6,10H2. The minimum atomic E-state index is 0.247. The van der Waals surface area contributed by atoms with Crippen LogP contribution in [0.4, 0.5) is 0 Å². The van der Waals surface area contributed by atoms with Crippen molar-refractivity contribution in [3.8, 4) is 5.75 Å². The molecule has 0 saturated heterocycles. The zero-order chi connectivity index (χ0) is 8.27. The number of hydrogen-bond donors (Lipinski definition) is 2. The monoisotopic (exact) mass is 149 g/mol. The zero-order valence-corrected chi connectivity index (χ0v) is 6.25. The molecule has 11 heavy (non-hydrogen) atoms. The molecule has 0 fully saturated rings. The Labute approximate surface area is 66.0 Å². The summed E-state index contributed by atoms with van der Waals surface area (Å²) in [6, 6.07) is 6.91. The number of aromatic hydroxyl groups is 1. The van der Waals surface area contributed by atoms with Gasteiger partial charge in [0.2, 0.25) is 0 Å². The molecule has 0 aromatic heterocycles. The zero-order valence-electron chi connectivity index (χ0n) is 6.25. The lowest BCUT2D eigenvalue weighted by molar-refractivity contribution is 0.475. The van der Waals surface area contributed by atoms with Crippen LogP contribution in [-0.4, -0.2) is 11.7 Å². The smallest absolute Gasteiger partial charge is 0.116 e. The average Bonchev–Trinajstić information content (AvgIpc) is 2.03. The van der Waals surface area contributed by atoms with Crippen molar-refractivity contribution in [2.75, 3.05) is 6.54 Å². The number of phenolic OH excluding ortho intramolecular Hbond substituents is 1. The maximum atomic E-state index is 9.08. The highest BCUT2D eigenvalue weighted by atomic mass is 16.3. The minimum Gasteiger partial charge on any atom is -0.508 e. The van der Waals surface area contributed by atoms with E-state index in [-0.39, 0.29) is 5.75 Å². The molecule has 0 bridgehead atoms. The SMILES string of the molecule is C=C(CN)c1cccc(O)c1. The van der Waals surface area contributed by atoms with Crippen LogP contribution in [0.25, 0.3) is 5.57 Å². The van der Waals surface area contributed by atoms with Crippen molar-refractivity contribution in [1.82, 2.24) is 0 Å². The third kappa shape index (κ3) is 1.82. The van der Waals surface area contributed by atoms with Gasteiger partial charge in [-0.05, 0) is 23.3 Å². The molecule has 1 aromatic rings. The highest BCUT2D eigenvalue weighted by Crippen LogP contribution is 2.16. The maximum Gasteiger partial charge on any atom is 0.116 e. The van der Waals surface area contributed by atoms with E-state index in [1.807, 2.05) is 6.07 Å². The van der Waals surface area contributed by atoms with E-state index < -0.39 is 0 Å². The van der Waals surface area contributed by atoms with Crippen molar-refractivity contribution >= 4 is 5.57 Å². The van der Waals surface area contributed by atoms with Gasteiger partial charge in [-0.25, -0.2) is 0 Å². The summed E-state index contributed by atoms with van der Waals surface area (Å²) in [5.74, 6) is 0.247. The summed E-state index contributed by atoms with van der Waals surface area (Å²) in [5, 5.41) is 9.08. The highest BCUT2D eigenvalue weighted by Gasteiger charge is 1.95. The van der Waals surface area contributed by atoms with Crippen molar-refractivity contribution in [1.29, 1.82) is 0 Å². The molecule has 0 heterocycles. The third-order valence-corrected chi connectivity index (χ3v) is 1.50. The first-order valence-electron chi connectivity index (χ1n) is 3.41. The Kier molecular flexibility index (Phi) is 2.28. The average molecular weight is 149 g/mol. The minimum absolute atomic E-state index is 0.247. The number of phenols is 1. The molecule has 0 aliphatic heterocycles. The topological polar surface area (TPSA) is 46.2 Å². The van der Waals surface area contributed by atoms with Crippen molar-refractivity contribution < 1.29 is 5.11 Å². The van der Waals surface area contributed by atoms with E-state index in [2.05, 4.69) is 6.58 Å². The van der Waals surface area contributed by atoms with Crippen molar-refractivity contribution in [2.45, 2.75) is 0 Å². The normalized spacial score (nSPS) is 9.55. The quantitative estimate of drug-likeness (QED) is 0.667. The van der Waals surface area contributed by atoms with E-state index in [1.165, 1.54) is 0 Å². The summed E-state index contributed by atoms with van der Waals surface area (Å²) in [6.07, 6.45) is 0. The molecule has 0 spiro atoms. The molecule has 0 atom stereocenters. The van der Waals surface area contributed by atoms with E-state index in [4.69, 9.17) is 10.8 Å². The Morgan fingerprint density at radius 2 is 2.27 bits per heavy atom. The predicted octanol–water partition coefficient (Wildman–Crippen LogP) is 1.36. The van der Waals surface area contributed by atoms with Gasteiger partial charge in [-0.1, -0.05) is 18.7 Å². The second-order valence-corrected chi connectivity index (χ2v) is 2.36. The molecule has 1 rings (SSSR count). The van der Waals surface area contributed by atoms with Gasteiger partial charge < -0.3 is 10.8 Å². The molecule has 0 unspecified atom stereocenters. The highest BCUT2D eigenvalue weighted by molar-refractivity contribution is 5.65. The molecule has 0 radical (unpaired) electrons. The van der Waals surface area contributed by atoms with Gasteiger partial charge in [-0.2, -0.15) is 0 Å². The fourth-order valence-electron chi connectivity index (χ4n) is 0.844. The van der Waals surface area contributed by atoms with E-state index in [9.17, 15) is 0 Å². The van der Waals surface area contributed by atoms with Gasteiger partial charge in [0.25, 0.3) is 0 Å². The van der Waals surface area contributed by atoms with Crippen LogP contribution in [-0.2, 0) is 0 Å². The number of benzene rings is 1. The summed E-state index contributed by atoms with van der Waals surface area (Å²) in [5.41, 5.74) is 7.10. The molecule has 0 amide bonds. The van der Waals surface area contributed by atoms with Gasteiger partial charge in [0.15, 0.2) is 0 Å². The van der Waals surface area contributed by atoms with E-state index in [0.717, 1.165) is 11.1 Å². The summed E-state index contributed by atoms with van der Waals surface area (Å²) >= 11 is 0. The lowest BCUT2D eigenvalue weighted by Gasteiger charge is -2.01. The Morgan fingerprint density at radius 1 is 1.55 bits per heavy atom. The summed E-state index contributed by atoms with van der Waals surface area (Å²) in [7, 11) is 0. The fourth-order valence-corrected chi connectivity index (χ4v) is 0.844. The van der Waals surface area contributed by atoms with Crippen molar-refractivity contribution in [2.24, 2.45) is 5.73 Å². The largest absolute Gasteiger partial charge is 0.508 e. The molecule has 1 aromatic carbocycles. The Balaban J connectivity index is 2.96. The van der Waals surface area contributed by atoms with Gasteiger partial charge in [-0.15, -0.1) is 0 Å². The van der Waals surface area contributed by atoms with Crippen LogP contribution in [0.5, 0.6) is 5.75 Å². The molecule has 0 aliphatic rings. The predicted molar refractivity (Wildman–Crippen MR) is 46.2 cm³/mol. The first-order valence-corrected chi connectivity index (χ1v) is 3.41. The fraction of sp³-hybridized carbons (Fsp3) is 0.111. The molecule has 0 saturated carbocycles. The van der Waals surface area contributed by atoms with Crippen LogP contribution < -0.4 is 5.73 Å². The molecule has 2 nitrogen and oxygen atoms in total. The first kappa shape index (κ1) is 7.82. The van der Waals surface area contributed by atoms with Gasteiger partial charge in [-0.3, -0.25) is 0 Å². The summed E-state index contributed by atoms with van der Waals surface area (Å²) < 4.78 is 0. The van der Waals surface area contributed by atoms with Crippen LogP contribution in [0.2, 0.25) is 0 Å². The third-order valence-electron chi connectivity index (χ3n) is 1.50. The molecule has 3 N–H and O–H groups in total. The first-order chi connectivity index (χ1) is 5.24. The maximum absolute atomic E-state index is 9.08. The number of nitrogens with two attached hydrogens (primary N) is 1. The number of hydrogen-bond acceptors (Lipinski definition) is 2. The van der Waals surface area contributed by atoms with E-state index in [0.29, 0.717) is 6.54 Å². The van der Waals surface area contributed by atoms with Gasteiger partial charge in [0.05, 0.1) is 0 Å². The van der Waals surface area contributed by atoms with E-state index in [1.54, 1.807) is 18.2 Å². The lowest BCUT2D eigenvalue weighted by Crippen LogP contribution is -2.00. The van der Waals surface area contributed by atoms with Gasteiger partial charge >= 0.3 is 0 Å². The van der Waals surface area contributed by atoms with Crippen LogP contribution in [0.15, 0.2) is 30.8 Å².